The molecule has 0 radical (unpaired) electrons. The fourth-order valence-corrected chi connectivity index (χ4v) is 3.87. The molecule has 0 aliphatic carbocycles. The van der Waals surface area contributed by atoms with Crippen LogP contribution in [0.4, 0.5) is 0 Å². The highest BCUT2D eigenvalue weighted by Crippen LogP contribution is 2.18. The minimum Gasteiger partial charge on any atom is -0.354 e. The lowest BCUT2D eigenvalue weighted by molar-refractivity contribution is -0.141. The monoisotopic (exact) mass is 462 g/mol. The molecule has 3 aromatic carbocycles. The minimum absolute atomic E-state index is 0.0404. The van der Waals surface area contributed by atoms with Crippen molar-refractivity contribution in [3.63, 3.8) is 0 Å². The van der Waals surface area contributed by atoms with E-state index in [9.17, 15) is 9.59 Å². The Morgan fingerprint density at radius 2 is 1.45 bits per heavy atom. The summed E-state index contributed by atoms with van der Waals surface area (Å²) in [6.45, 7) is 2.95. The van der Waals surface area contributed by atoms with Gasteiger partial charge in [0.2, 0.25) is 11.8 Å². The molecule has 2 amide bonds. The normalized spacial score (nSPS) is 11.6. The molecule has 0 saturated heterocycles. The van der Waals surface area contributed by atoms with Crippen molar-refractivity contribution in [1.29, 1.82) is 0 Å². The highest BCUT2D eigenvalue weighted by molar-refractivity contribution is 6.30. The maximum atomic E-state index is 13.5. The molecule has 3 rings (SSSR count). The average molecular weight is 463 g/mol. The van der Waals surface area contributed by atoms with Crippen LogP contribution in [0.1, 0.15) is 36.5 Å². The van der Waals surface area contributed by atoms with E-state index >= 15 is 0 Å². The first-order valence-corrected chi connectivity index (χ1v) is 11.8. The molecule has 1 unspecified atom stereocenters. The zero-order valence-corrected chi connectivity index (χ0v) is 19.8. The Hall–Kier alpha value is -3.11. The molecule has 0 fully saturated rings. The zero-order valence-electron chi connectivity index (χ0n) is 19.0. The van der Waals surface area contributed by atoms with Crippen LogP contribution in [0.5, 0.6) is 0 Å². The highest BCUT2D eigenvalue weighted by atomic mass is 35.5. The number of hydrogen-bond acceptors (Lipinski definition) is 2. The van der Waals surface area contributed by atoms with Crippen LogP contribution in [0.25, 0.3) is 0 Å². The molecule has 1 N–H and O–H groups in total. The Balaban J connectivity index is 1.87. The molecule has 0 aliphatic rings. The van der Waals surface area contributed by atoms with E-state index < -0.39 is 6.04 Å². The van der Waals surface area contributed by atoms with Crippen molar-refractivity contribution in [3.05, 3.63) is 107 Å². The zero-order chi connectivity index (χ0) is 23.5. The summed E-state index contributed by atoms with van der Waals surface area (Å²) in [7, 11) is 0. The molecule has 0 spiro atoms. The molecule has 33 heavy (non-hydrogen) atoms. The molecule has 0 aromatic heterocycles. The number of carbonyl (C=O) groups excluding carboxylic acids is 2. The van der Waals surface area contributed by atoms with Crippen molar-refractivity contribution in [1.82, 2.24) is 10.2 Å². The lowest BCUT2D eigenvalue weighted by atomic mass is 10.0. The van der Waals surface area contributed by atoms with Crippen LogP contribution in [-0.4, -0.2) is 29.3 Å². The van der Waals surface area contributed by atoms with Crippen molar-refractivity contribution in [2.45, 2.75) is 45.2 Å². The number of hydrogen-bond donors (Lipinski definition) is 1. The van der Waals surface area contributed by atoms with Crippen molar-refractivity contribution in [2.75, 3.05) is 6.54 Å². The number of benzene rings is 3. The van der Waals surface area contributed by atoms with Gasteiger partial charge in [-0.25, -0.2) is 0 Å². The number of nitrogens with zero attached hydrogens (tertiary/aromatic N) is 1. The third kappa shape index (κ3) is 7.76. The maximum Gasteiger partial charge on any atom is 0.243 e. The Morgan fingerprint density at radius 1 is 0.848 bits per heavy atom. The standard InChI is InChI=1S/C28H31ClN2O2/c1-2-19-30-28(33)26(20-23-11-7-4-8-12-23)31(21-24-13-16-25(29)17-14-24)27(32)18-15-22-9-5-3-6-10-22/h3-14,16-17,26H,2,15,18-21H2,1H3,(H,30,33). The summed E-state index contributed by atoms with van der Waals surface area (Å²) in [6, 6.07) is 26.6. The summed E-state index contributed by atoms with van der Waals surface area (Å²) < 4.78 is 0. The molecule has 0 bridgehead atoms. The quantitative estimate of drug-likeness (QED) is 0.412. The van der Waals surface area contributed by atoms with Crippen LogP contribution in [-0.2, 0) is 29.0 Å². The Morgan fingerprint density at radius 3 is 2.06 bits per heavy atom. The first kappa shape index (κ1) is 24.5. The smallest absolute Gasteiger partial charge is 0.243 e. The van der Waals surface area contributed by atoms with Crippen molar-refractivity contribution >= 4 is 23.4 Å². The molecule has 1 atom stereocenters. The maximum absolute atomic E-state index is 13.5. The second kappa shape index (κ2) is 12.8. The van der Waals surface area contributed by atoms with Crippen LogP contribution >= 0.6 is 11.6 Å². The molecule has 3 aromatic rings. The average Bonchev–Trinajstić information content (AvgIpc) is 2.85. The van der Waals surface area contributed by atoms with Gasteiger partial charge in [-0.15, -0.1) is 0 Å². The van der Waals surface area contributed by atoms with Gasteiger partial charge in [-0.1, -0.05) is 91.3 Å². The SMILES string of the molecule is CCCNC(=O)C(Cc1ccccc1)N(Cc1ccc(Cl)cc1)C(=O)CCc1ccccc1. The van der Waals surface area contributed by atoms with E-state index in [0.29, 0.717) is 37.4 Å². The van der Waals surface area contributed by atoms with E-state index in [4.69, 9.17) is 11.6 Å². The Kier molecular flexibility index (Phi) is 9.52. The molecular weight excluding hydrogens is 432 g/mol. The molecule has 4 nitrogen and oxygen atoms in total. The van der Waals surface area contributed by atoms with Gasteiger partial charge in [0.1, 0.15) is 6.04 Å². The van der Waals surface area contributed by atoms with E-state index in [1.807, 2.05) is 91.9 Å². The first-order valence-electron chi connectivity index (χ1n) is 11.5. The molecule has 0 heterocycles. The predicted molar refractivity (Wildman–Crippen MR) is 134 cm³/mol. The van der Waals surface area contributed by atoms with Crippen LogP contribution in [0.3, 0.4) is 0 Å². The highest BCUT2D eigenvalue weighted by Gasteiger charge is 2.30. The second-order valence-electron chi connectivity index (χ2n) is 8.13. The third-order valence-electron chi connectivity index (χ3n) is 5.56. The number of aryl methyl sites for hydroxylation is 1. The van der Waals surface area contributed by atoms with Crippen molar-refractivity contribution in [2.24, 2.45) is 0 Å². The van der Waals surface area contributed by atoms with Crippen LogP contribution in [0.15, 0.2) is 84.9 Å². The summed E-state index contributed by atoms with van der Waals surface area (Å²) >= 11 is 6.06. The Labute approximate surface area is 201 Å². The summed E-state index contributed by atoms with van der Waals surface area (Å²) in [5, 5.41) is 3.64. The molecule has 5 heteroatoms. The van der Waals surface area contributed by atoms with E-state index in [1.165, 1.54) is 0 Å². The second-order valence-corrected chi connectivity index (χ2v) is 8.57. The molecule has 0 saturated carbocycles. The summed E-state index contributed by atoms with van der Waals surface area (Å²) in [6.07, 6.45) is 2.26. The molecule has 0 aliphatic heterocycles. The first-order chi connectivity index (χ1) is 16.1. The topological polar surface area (TPSA) is 49.4 Å². The van der Waals surface area contributed by atoms with Gasteiger partial charge in [-0.05, 0) is 41.7 Å². The largest absolute Gasteiger partial charge is 0.354 e. The number of halogens is 1. The van der Waals surface area contributed by atoms with Gasteiger partial charge in [0.05, 0.1) is 0 Å². The number of carbonyl (C=O) groups is 2. The van der Waals surface area contributed by atoms with Gasteiger partial charge in [-0.2, -0.15) is 0 Å². The Bertz CT molecular complexity index is 1010. The summed E-state index contributed by atoms with van der Waals surface area (Å²) in [5.41, 5.74) is 3.06. The van der Waals surface area contributed by atoms with Gasteiger partial charge < -0.3 is 10.2 Å². The fraction of sp³-hybridized carbons (Fsp3) is 0.286. The van der Waals surface area contributed by atoms with Gasteiger partial charge in [0.15, 0.2) is 0 Å². The van der Waals surface area contributed by atoms with E-state index in [2.05, 4.69) is 5.32 Å². The van der Waals surface area contributed by atoms with Gasteiger partial charge in [0.25, 0.3) is 0 Å². The number of amides is 2. The van der Waals surface area contributed by atoms with Gasteiger partial charge in [0, 0.05) is 31.0 Å². The van der Waals surface area contributed by atoms with Gasteiger partial charge >= 0.3 is 0 Å². The lowest BCUT2D eigenvalue weighted by Gasteiger charge is -2.31. The summed E-state index contributed by atoms with van der Waals surface area (Å²) in [4.78, 5) is 28.5. The van der Waals surface area contributed by atoms with E-state index in [-0.39, 0.29) is 11.8 Å². The lowest BCUT2D eigenvalue weighted by Crippen LogP contribution is -2.50. The predicted octanol–water partition coefficient (Wildman–Crippen LogP) is 5.44. The number of rotatable bonds is 11. The molecule has 172 valence electrons. The third-order valence-corrected chi connectivity index (χ3v) is 5.81. The minimum atomic E-state index is -0.599. The number of nitrogens with one attached hydrogen (secondary N) is 1. The van der Waals surface area contributed by atoms with E-state index in [0.717, 1.165) is 23.1 Å². The van der Waals surface area contributed by atoms with Gasteiger partial charge in [-0.3, -0.25) is 9.59 Å². The van der Waals surface area contributed by atoms with Crippen LogP contribution in [0.2, 0.25) is 5.02 Å². The molecular formula is C28H31ClN2O2. The van der Waals surface area contributed by atoms with Crippen molar-refractivity contribution in [3.8, 4) is 0 Å². The fourth-order valence-electron chi connectivity index (χ4n) is 3.75. The van der Waals surface area contributed by atoms with Crippen LogP contribution < -0.4 is 5.32 Å². The van der Waals surface area contributed by atoms with E-state index in [1.54, 1.807) is 4.90 Å². The van der Waals surface area contributed by atoms with Crippen LogP contribution in [0, 0.1) is 0 Å². The summed E-state index contributed by atoms with van der Waals surface area (Å²) in [5.74, 6) is -0.163. The van der Waals surface area contributed by atoms with Crippen molar-refractivity contribution < 1.29 is 9.59 Å².